The molecule has 15 heavy (non-hydrogen) atoms. The number of carboxylic acid groups (broad SMARTS) is 1. The summed E-state index contributed by atoms with van der Waals surface area (Å²) in [5.41, 5.74) is 0.855. The maximum absolute atomic E-state index is 10.9. The van der Waals surface area contributed by atoms with Gasteiger partial charge in [-0.05, 0) is 30.7 Å². The Morgan fingerprint density at radius 3 is 2.40 bits per heavy atom. The van der Waals surface area contributed by atoms with Gasteiger partial charge in [0, 0.05) is 17.8 Å². The fourth-order valence-electron chi connectivity index (χ4n) is 1.47. The van der Waals surface area contributed by atoms with Crippen molar-refractivity contribution in [2.45, 2.75) is 19.4 Å². The Bertz CT molecular complexity index is 337. The monoisotopic (exact) mass is 227 g/mol. The van der Waals surface area contributed by atoms with Crippen LogP contribution in [0.1, 0.15) is 13.3 Å². The summed E-state index contributed by atoms with van der Waals surface area (Å²) in [6.07, 6.45) is 0.564. The van der Waals surface area contributed by atoms with Gasteiger partial charge in [0.1, 0.15) is 6.04 Å². The topological polar surface area (TPSA) is 40.5 Å². The van der Waals surface area contributed by atoms with Crippen molar-refractivity contribution in [2.24, 2.45) is 0 Å². The second kappa shape index (κ2) is 5.03. The Morgan fingerprint density at radius 1 is 1.47 bits per heavy atom. The third-order valence-electron chi connectivity index (χ3n) is 2.37. The maximum atomic E-state index is 10.9. The zero-order chi connectivity index (χ0) is 11.4. The van der Waals surface area contributed by atoms with Crippen LogP contribution in [0.5, 0.6) is 0 Å². The van der Waals surface area contributed by atoms with Crippen molar-refractivity contribution in [3.8, 4) is 0 Å². The van der Waals surface area contributed by atoms with Gasteiger partial charge in [-0.3, -0.25) is 0 Å². The van der Waals surface area contributed by atoms with E-state index >= 15 is 0 Å². The summed E-state index contributed by atoms with van der Waals surface area (Å²) < 4.78 is 0. The van der Waals surface area contributed by atoms with E-state index in [9.17, 15) is 4.79 Å². The quantitative estimate of drug-likeness (QED) is 0.860. The molecule has 0 heterocycles. The molecule has 0 aliphatic heterocycles. The number of benzene rings is 1. The van der Waals surface area contributed by atoms with E-state index in [-0.39, 0.29) is 0 Å². The van der Waals surface area contributed by atoms with Gasteiger partial charge in [0.2, 0.25) is 0 Å². The molecule has 1 aromatic carbocycles. The molecule has 1 rings (SSSR count). The van der Waals surface area contributed by atoms with Crippen molar-refractivity contribution in [2.75, 3.05) is 11.9 Å². The molecule has 0 saturated heterocycles. The van der Waals surface area contributed by atoms with Crippen LogP contribution < -0.4 is 4.90 Å². The number of carboxylic acids is 1. The van der Waals surface area contributed by atoms with Gasteiger partial charge >= 0.3 is 5.97 Å². The van der Waals surface area contributed by atoms with Gasteiger partial charge in [-0.25, -0.2) is 4.79 Å². The van der Waals surface area contributed by atoms with Crippen LogP contribution in [0.15, 0.2) is 24.3 Å². The molecule has 3 nitrogen and oxygen atoms in total. The van der Waals surface area contributed by atoms with Crippen molar-refractivity contribution in [1.82, 2.24) is 0 Å². The van der Waals surface area contributed by atoms with Gasteiger partial charge in [0.25, 0.3) is 0 Å². The molecule has 82 valence electrons. The van der Waals surface area contributed by atoms with E-state index < -0.39 is 12.0 Å². The van der Waals surface area contributed by atoms with Crippen LogP contribution in [0.4, 0.5) is 5.69 Å². The third-order valence-corrected chi connectivity index (χ3v) is 2.63. The van der Waals surface area contributed by atoms with Crippen molar-refractivity contribution >= 4 is 23.3 Å². The largest absolute Gasteiger partial charge is 0.480 e. The minimum Gasteiger partial charge on any atom is -0.480 e. The Kier molecular flexibility index (Phi) is 3.97. The SMILES string of the molecule is CC[C@@H](C(=O)O)N(C)c1ccc(Cl)cc1. The molecule has 1 atom stereocenters. The zero-order valence-electron chi connectivity index (χ0n) is 8.77. The number of anilines is 1. The molecule has 0 saturated carbocycles. The van der Waals surface area contributed by atoms with Gasteiger partial charge < -0.3 is 10.0 Å². The standard InChI is InChI=1S/C11H14ClNO2/c1-3-10(11(14)15)13(2)9-6-4-8(12)5-7-9/h4-7,10H,3H2,1-2H3,(H,14,15)/t10-/m0/s1. The predicted molar refractivity (Wildman–Crippen MR) is 61.6 cm³/mol. The molecule has 0 spiro atoms. The fourth-order valence-corrected chi connectivity index (χ4v) is 1.60. The van der Waals surface area contributed by atoms with Gasteiger partial charge in [0.15, 0.2) is 0 Å². The first kappa shape index (κ1) is 11.9. The molecule has 0 fully saturated rings. The van der Waals surface area contributed by atoms with Crippen molar-refractivity contribution in [3.05, 3.63) is 29.3 Å². The van der Waals surface area contributed by atoms with E-state index in [1.165, 1.54) is 0 Å². The number of hydrogen-bond acceptors (Lipinski definition) is 2. The van der Waals surface area contributed by atoms with E-state index in [2.05, 4.69) is 0 Å². The highest BCUT2D eigenvalue weighted by molar-refractivity contribution is 6.30. The minimum absolute atomic E-state index is 0.494. The van der Waals surface area contributed by atoms with Crippen LogP contribution in [0.3, 0.4) is 0 Å². The lowest BCUT2D eigenvalue weighted by molar-refractivity contribution is -0.138. The summed E-state index contributed by atoms with van der Waals surface area (Å²) in [4.78, 5) is 12.7. The van der Waals surface area contributed by atoms with Crippen LogP contribution in [0.25, 0.3) is 0 Å². The summed E-state index contributed by atoms with van der Waals surface area (Å²) >= 11 is 5.76. The number of hydrogen-bond donors (Lipinski definition) is 1. The average Bonchev–Trinajstić information content (AvgIpc) is 2.19. The van der Waals surface area contributed by atoms with Gasteiger partial charge in [0.05, 0.1) is 0 Å². The molecule has 0 aliphatic carbocycles. The van der Waals surface area contributed by atoms with E-state index in [1.807, 2.05) is 19.1 Å². The summed E-state index contributed by atoms with van der Waals surface area (Å²) in [5, 5.41) is 9.64. The molecule has 1 aromatic rings. The first-order valence-corrected chi connectivity index (χ1v) is 5.15. The number of carbonyl (C=O) groups is 1. The number of nitrogens with zero attached hydrogens (tertiary/aromatic N) is 1. The Labute approximate surface area is 94.3 Å². The molecular weight excluding hydrogens is 214 g/mol. The summed E-state index contributed by atoms with van der Waals surface area (Å²) in [5.74, 6) is -0.810. The summed E-state index contributed by atoms with van der Waals surface area (Å²) in [6.45, 7) is 1.85. The lowest BCUT2D eigenvalue weighted by atomic mass is 10.2. The molecule has 1 N–H and O–H groups in total. The smallest absolute Gasteiger partial charge is 0.326 e. The van der Waals surface area contributed by atoms with Crippen molar-refractivity contribution < 1.29 is 9.90 Å². The second-order valence-electron chi connectivity index (χ2n) is 3.35. The highest BCUT2D eigenvalue weighted by atomic mass is 35.5. The number of halogens is 1. The number of aliphatic carboxylic acids is 1. The van der Waals surface area contributed by atoms with E-state index in [0.29, 0.717) is 11.4 Å². The molecular formula is C11H14ClNO2. The Morgan fingerprint density at radius 2 is 2.00 bits per heavy atom. The minimum atomic E-state index is -0.810. The Hall–Kier alpha value is -1.22. The molecule has 0 amide bonds. The van der Waals surface area contributed by atoms with Crippen molar-refractivity contribution in [3.63, 3.8) is 0 Å². The molecule has 0 radical (unpaired) electrons. The molecule has 0 aliphatic rings. The zero-order valence-corrected chi connectivity index (χ0v) is 9.53. The molecule has 0 bridgehead atoms. The van der Waals surface area contributed by atoms with Crippen molar-refractivity contribution in [1.29, 1.82) is 0 Å². The van der Waals surface area contributed by atoms with Crippen LogP contribution in [0.2, 0.25) is 5.02 Å². The van der Waals surface area contributed by atoms with Crippen LogP contribution in [0, 0.1) is 0 Å². The normalized spacial score (nSPS) is 12.2. The van der Waals surface area contributed by atoms with Crippen LogP contribution in [-0.4, -0.2) is 24.2 Å². The molecule has 0 unspecified atom stereocenters. The van der Waals surface area contributed by atoms with Gasteiger partial charge in [-0.2, -0.15) is 0 Å². The van der Waals surface area contributed by atoms with Gasteiger partial charge in [-0.1, -0.05) is 18.5 Å². The first-order chi connectivity index (χ1) is 7.06. The molecule has 0 aromatic heterocycles. The van der Waals surface area contributed by atoms with E-state index in [4.69, 9.17) is 16.7 Å². The Balaban J connectivity index is 2.87. The lowest BCUT2D eigenvalue weighted by Crippen LogP contribution is -2.37. The second-order valence-corrected chi connectivity index (χ2v) is 3.79. The lowest BCUT2D eigenvalue weighted by Gasteiger charge is -2.25. The van der Waals surface area contributed by atoms with Crippen LogP contribution >= 0.6 is 11.6 Å². The van der Waals surface area contributed by atoms with Gasteiger partial charge in [-0.15, -0.1) is 0 Å². The number of likely N-dealkylation sites (N-methyl/N-ethyl adjacent to an activating group) is 1. The maximum Gasteiger partial charge on any atom is 0.326 e. The van der Waals surface area contributed by atoms with E-state index in [0.717, 1.165) is 5.69 Å². The fraction of sp³-hybridized carbons (Fsp3) is 0.364. The first-order valence-electron chi connectivity index (χ1n) is 4.77. The predicted octanol–water partition coefficient (Wildman–Crippen LogP) is 2.64. The highest BCUT2D eigenvalue weighted by Gasteiger charge is 2.20. The summed E-state index contributed by atoms with van der Waals surface area (Å²) in [7, 11) is 1.77. The molecule has 4 heteroatoms. The van der Waals surface area contributed by atoms with Crippen LogP contribution in [-0.2, 0) is 4.79 Å². The summed E-state index contributed by atoms with van der Waals surface area (Å²) in [6, 6.07) is 6.64. The third kappa shape index (κ3) is 2.86. The highest BCUT2D eigenvalue weighted by Crippen LogP contribution is 2.19. The number of rotatable bonds is 4. The van der Waals surface area contributed by atoms with E-state index in [1.54, 1.807) is 24.1 Å². The average molecular weight is 228 g/mol.